The fourth-order valence-electron chi connectivity index (χ4n) is 5.12. The number of hydrogen-bond acceptors (Lipinski definition) is 4. The maximum atomic E-state index is 5.19. The van der Waals surface area contributed by atoms with E-state index in [-0.39, 0.29) is 12.1 Å². The van der Waals surface area contributed by atoms with Crippen LogP contribution in [-0.2, 0) is 0 Å². The second-order valence-corrected chi connectivity index (χ2v) is 9.70. The van der Waals surface area contributed by atoms with Crippen molar-refractivity contribution in [3.05, 3.63) is 82.4 Å². The number of nitrogens with zero attached hydrogens (tertiary/aromatic N) is 4. The standard InChI is InChI=1S/C26H30N4S/c1-6-20-15-31-26-28-24(22-11-7-8-13-27-22)25(30(20)26)21-14-17(3)29(19(21)5)23-12-9-10-16(2)18(23)4/h7-14,20,24-25H,6,15H2,1-5H3. The molecule has 2 aliphatic heterocycles. The van der Waals surface area contributed by atoms with Crippen molar-refractivity contribution >= 4 is 16.9 Å². The zero-order chi connectivity index (χ0) is 21.7. The third-order valence-corrected chi connectivity index (χ3v) is 8.06. The zero-order valence-electron chi connectivity index (χ0n) is 19.0. The van der Waals surface area contributed by atoms with Gasteiger partial charge in [-0.05, 0) is 75.1 Å². The molecule has 0 bridgehead atoms. The maximum absolute atomic E-state index is 5.19. The lowest BCUT2D eigenvalue weighted by Gasteiger charge is -2.32. The lowest BCUT2D eigenvalue weighted by atomic mass is 9.95. The van der Waals surface area contributed by atoms with Crippen LogP contribution in [-0.4, -0.2) is 31.4 Å². The summed E-state index contributed by atoms with van der Waals surface area (Å²) in [6.07, 6.45) is 3.02. The largest absolute Gasteiger partial charge is 0.338 e. The first-order chi connectivity index (χ1) is 15.0. The van der Waals surface area contributed by atoms with Gasteiger partial charge in [0.1, 0.15) is 6.04 Å². The van der Waals surface area contributed by atoms with Crippen molar-refractivity contribution in [1.82, 2.24) is 14.5 Å². The molecule has 3 atom stereocenters. The molecule has 0 N–H and O–H groups in total. The molecule has 0 saturated carbocycles. The topological polar surface area (TPSA) is 33.4 Å². The van der Waals surface area contributed by atoms with Crippen LogP contribution in [0, 0.1) is 27.7 Å². The quantitative estimate of drug-likeness (QED) is 0.502. The minimum absolute atomic E-state index is 0.0330. The summed E-state index contributed by atoms with van der Waals surface area (Å²) in [6.45, 7) is 11.2. The number of rotatable bonds is 4. The molecule has 5 heteroatoms. The maximum Gasteiger partial charge on any atom is 0.160 e. The Morgan fingerprint density at radius 1 is 1.06 bits per heavy atom. The van der Waals surface area contributed by atoms with Crippen LogP contribution in [0.1, 0.15) is 59.2 Å². The summed E-state index contributed by atoms with van der Waals surface area (Å²) in [4.78, 5) is 12.5. The molecule has 4 heterocycles. The Bertz CT molecular complexity index is 1150. The summed E-state index contributed by atoms with van der Waals surface area (Å²) in [5, 5.41) is 1.18. The van der Waals surface area contributed by atoms with E-state index >= 15 is 0 Å². The summed E-state index contributed by atoms with van der Waals surface area (Å²) >= 11 is 1.90. The van der Waals surface area contributed by atoms with E-state index in [4.69, 9.17) is 9.98 Å². The summed E-state index contributed by atoms with van der Waals surface area (Å²) in [6, 6.07) is 15.9. The van der Waals surface area contributed by atoms with Gasteiger partial charge in [0.2, 0.25) is 0 Å². The monoisotopic (exact) mass is 430 g/mol. The zero-order valence-corrected chi connectivity index (χ0v) is 19.8. The average Bonchev–Trinajstić information content (AvgIpc) is 3.42. The highest BCUT2D eigenvalue weighted by molar-refractivity contribution is 8.14. The van der Waals surface area contributed by atoms with Crippen LogP contribution in [0.15, 0.2) is 53.7 Å². The van der Waals surface area contributed by atoms with Gasteiger partial charge < -0.3 is 9.47 Å². The van der Waals surface area contributed by atoms with E-state index in [1.54, 1.807) is 0 Å². The highest BCUT2D eigenvalue weighted by Crippen LogP contribution is 2.49. The minimum Gasteiger partial charge on any atom is -0.338 e. The number of benzene rings is 1. The molecule has 0 amide bonds. The Kier molecular flexibility index (Phi) is 5.17. The Morgan fingerprint density at radius 3 is 2.65 bits per heavy atom. The second-order valence-electron chi connectivity index (χ2n) is 8.72. The van der Waals surface area contributed by atoms with Gasteiger partial charge in [-0.1, -0.05) is 36.9 Å². The molecule has 2 aromatic heterocycles. The number of aliphatic imine (C=N–C) groups is 1. The predicted molar refractivity (Wildman–Crippen MR) is 130 cm³/mol. The third kappa shape index (κ3) is 3.21. The third-order valence-electron chi connectivity index (χ3n) is 6.94. The van der Waals surface area contributed by atoms with Gasteiger partial charge in [0.25, 0.3) is 0 Å². The molecule has 3 unspecified atom stereocenters. The van der Waals surface area contributed by atoms with Crippen molar-refractivity contribution in [3.8, 4) is 5.69 Å². The van der Waals surface area contributed by atoms with E-state index in [9.17, 15) is 0 Å². The number of fused-ring (bicyclic) bond motifs is 1. The van der Waals surface area contributed by atoms with Crippen molar-refractivity contribution in [1.29, 1.82) is 0 Å². The molecule has 2 aliphatic rings. The average molecular weight is 431 g/mol. The normalized spacial score (nSPS) is 22.7. The molecular formula is C26H30N4S. The molecule has 1 saturated heterocycles. The first-order valence-corrected chi connectivity index (χ1v) is 12.1. The van der Waals surface area contributed by atoms with Gasteiger partial charge in [0.05, 0.1) is 11.7 Å². The molecule has 0 aliphatic carbocycles. The van der Waals surface area contributed by atoms with Crippen LogP contribution in [0.5, 0.6) is 0 Å². The van der Waals surface area contributed by atoms with Gasteiger partial charge in [-0.15, -0.1) is 0 Å². The molecule has 0 spiro atoms. The number of amidine groups is 1. The van der Waals surface area contributed by atoms with E-state index < -0.39 is 0 Å². The first kappa shape index (κ1) is 20.4. The fraction of sp³-hybridized carbons (Fsp3) is 0.385. The van der Waals surface area contributed by atoms with Gasteiger partial charge in [-0.25, -0.2) is 0 Å². The van der Waals surface area contributed by atoms with Gasteiger partial charge >= 0.3 is 0 Å². The Labute approximate surface area is 189 Å². The smallest absolute Gasteiger partial charge is 0.160 e. The van der Waals surface area contributed by atoms with Crippen molar-refractivity contribution in [2.75, 3.05) is 5.75 Å². The second kappa shape index (κ2) is 7.86. The molecule has 0 radical (unpaired) electrons. The minimum atomic E-state index is 0.0330. The fourth-order valence-corrected chi connectivity index (χ4v) is 6.46. The Hall–Kier alpha value is -2.53. The van der Waals surface area contributed by atoms with E-state index in [0.717, 1.165) is 17.9 Å². The van der Waals surface area contributed by atoms with E-state index in [1.165, 1.54) is 38.9 Å². The number of pyridine rings is 1. The Balaban J connectivity index is 1.66. The lowest BCUT2D eigenvalue weighted by Crippen LogP contribution is -2.35. The van der Waals surface area contributed by atoms with Crippen molar-refractivity contribution < 1.29 is 0 Å². The van der Waals surface area contributed by atoms with Gasteiger partial charge in [-0.3, -0.25) is 9.98 Å². The molecule has 31 heavy (non-hydrogen) atoms. The summed E-state index contributed by atoms with van der Waals surface area (Å²) in [5.74, 6) is 1.12. The number of hydrogen-bond donors (Lipinski definition) is 0. The van der Waals surface area contributed by atoms with E-state index in [1.807, 2.05) is 24.0 Å². The predicted octanol–water partition coefficient (Wildman–Crippen LogP) is 6.09. The molecule has 4 nitrogen and oxygen atoms in total. The van der Waals surface area contributed by atoms with Crippen LogP contribution in [0.4, 0.5) is 0 Å². The summed E-state index contributed by atoms with van der Waals surface area (Å²) in [5.41, 5.74) is 8.94. The first-order valence-electron chi connectivity index (χ1n) is 11.2. The molecular weight excluding hydrogens is 400 g/mol. The lowest BCUT2D eigenvalue weighted by molar-refractivity contribution is 0.254. The van der Waals surface area contributed by atoms with Crippen molar-refractivity contribution in [3.63, 3.8) is 0 Å². The van der Waals surface area contributed by atoms with Crippen LogP contribution in [0.2, 0.25) is 0 Å². The number of aromatic nitrogens is 2. The molecule has 1 aromatic carbocycles. The van der Waals surface area contributed by atoms with E-state index in [0.29, 0.717) is 6.04 Å². The van der Waals surface area contributed by atoms with Crippen LogP contribution in [0.3, 0.4) is 0 Å². The highest BCUT2D eigenvalue weighted by Gasteiger charge is 2.46. The highest BCUT2D eigenvalue weighted by atomic mass is 32.2. The SMILES string of the molecule is CCC1CSC2=NC(c3ccccn3)C(c3cc(C)n(-c4cccc(C)c4C)c3C)N21. The van der Waals surface area contributed by atoms with Gasteiger partial charge in [0, 0.05) is 35.1 Å². The Morgan fingerprint density at radius 2 is 1.90 bits per heavy atom. The molecule has 5 rings (SSSR count). The van der Waals surface area contributed by atoms with Crippen molar-refractivity contribution in [2.24, 2.45) is 4.99 Å². The van der Waals surface area contributed by atoms with Gasteiger partial charge in [-0.2, -0.15) is 0 Å². The van der Waals surface area contributed by atoms with Crippen molar-refractivity contribution in [2.45, 2.75) is 59.2 Å². The molecule has 3 aromatic rings. The van der Waals surface area contributed by atoms with Crippen LogP contribution in [0.25, 0.3) is 5.69 Å². The molecule has 160 valence electrons. The summed E-state index contributed by atoms with van der Waals surface area (Å²) in [7, 11) is 0. The number of aryl methyl sites for hydroxylation is 2. The van der Waals surface area contributed by atoms with Crippen LogP contribution < -0.4 is 0 Å². The van der Waals surface area contributed by atoms with E-state index in [2.05, 4.69) is 80.5 Å². The molecule has 1 fully saturated rings. The number of thioether (sulfide) groups is 1. The van der Waals surface area contributed by atoms with Crippen LogP contribution >= 0.6 is 11.8 Å². The van der Waals surface area contributed by atoms with Gasteiger partial charge in [0.15, 0.2) is 5.17 Å². The summed E-state index contributed by atoms with van der Waals surface area (Å²) < 4.78 is 2.43.